The van der Waals surface area contributed by atoms with Gasteiger partial charge in [0.1, 0.15) is 17.0 Å². The number of fused-ring (bicyclic) bond motifs is 1. The molecule has 1 amide bonds. The van der Waals surface area contributed by atoms with Crippen molar-refractivity contribution in [2.75, 3.05) is 6.54 Å². The lowest BCUT2D eigenvalue weighted by atomic mass is 10.0. The highest BCUT2D eigenvalue weighted by Gasteiger charge is 2.29. The molecule has 28 heavy (non-hydrogen) atoms. The molecule has 2 aromatic carbocycles. The maximum atomic E-state index is 14.0. The predicted molar refractivity (Wildman–Crippen MR) is 104 cm³/mol. The molecule has 4 rings (SSSR count). The van der Waals surface area contributed by atoms with Gasteiger partial charge >= 0.3 is 0 Å². The molecular weight excluding hydrogens is 381 g/mol. The minimum absolute atomic E-state index is 0.129. The van der Waals surface area contributed by atoms with E-state index in [1.165, 1.54) is 6.07 Å². The Labute approximate surface area is 165 Å². The van der Waals surface area contributed by atoms with E-state index >= 15 is 0 Å². The molecule has 0 spiro atoms. The zero-order chi connectivity index (χ0) is 19.7. The highest BCUT2D eigenvalue weighted by atomic mass is 35.5. The van der Waals surface area contributed by atoms with E-state index in [0.29, 0.717) is 29.8 Å². The number of aromatic nitrogens is 2. The molecule has 1 aromatic heterocycles. The van der Waals surface area contributed by atoms with Gasteiger partial charge in [0.2, 0.25) is 5.91 Å². The summed E-state index contributed by atoms with van der Waals surface area (Å²) in [7, 11) is 0. The van der Waals surface area contributed by atoms with Gasteiger partial charge in [-0.25, -0.2) is 9.37 Å². The van der Waals surface area contributed by atoms with Crippen LogP contribution >= 0.6 is 11.6 Å². The Bertz CT molecular complexity index is 1080. The molecule has 142 valence electrons. The summed E-state index contributed by atoms with van der Waals surface area (Å²) >= 11 is 6.35. The van der Waals surface area contributed by atoms with E-state index in [0.717, 1.165) is 0 Å². The summed E-state index contributed by atoms with van der Waals surface area (Å²) in [4.78, 5) is 34.0. The number of benzene rings is 2. The van der Waals surface area contributed by atoms with Gasteiger partial charge in [0, 0.05) is 13.0 Å². The van der Waals surface area contributed by atoms with Crippen molar-refractivity contribution in [1.82, 2.24) is 14.9 Å². The van der Waals surface area contributed by atoms with Gasteiger partial charge in [0.15, 0.2) is 0 Å². The number of hydrogen-bond donors (Lipinski definition) is 1. The molecule has 2 heterocycles. The summed E-state index contributed by atoms with van der Waals surface area (Å²) in [6, 6.07) is 15.2. The van der Waals surface area contributed by atoms with Crippen molar-refractivity contribution in [1.29, 1.82) is 0 Å². The van der Waals surface area contributed by atoms with Crippen LogP contribution in [-0.4, -0.2) is 27.3 Å². The van der Waals surface area contributed by atoms with Crippen LogP contribution in [0.1, 0.15) is 22.2 Å². The van der Waals surface area contributed by atoms with Crippen LogP contribution in [0.5, 0.6) is 0 Å². The second kappa shape index (κ2) is 7.56. The van der Waals surface area contributed by atoms with Gasteiger partial charge < -0.3 is 9.88 Å². The van der Waals surface area contributed by atoms with Crippen molar-refractivity contribution >= 4 is 17.5 Å². The molecule has 1 atom stereocenters. The van der Waals surface area contributed by atoms with Crippen LogP contribution < -0.4 is 5.56 Å². The number of carbonyl (C=O) groups is 1. The average Bonchev–Trinajstić information content (AvgIpc) is 2.73. The van der Waals surface area contributed by atoms with Crippen molar-refractivity contribution in [3.05, 3.63) is 87.6 Å². The molecule has 0 radical (unpaired) electrons. The maximum absolute atomic E-state index is 14.0. The van der Waals surface area contributed by atoms with Crippen LogP contribution in [0.15, 0.2) is 59.4 Å². The number of nitrogens with zero attached hydrogens (tertiary/aromatic N) is 2. The Balaban J connectivity index is 1.60. The van der Waals surface area contributed by atoms with E-state index in [1.54, 1.807) is 35.2 Å². The second-order valence-electron chi connectivity index (χ2n) is 6.60. The third-order valence-electron chi connectivity index (χ3n) is 4.82. The van der Waals surface area contributed by atoms with Gasteiger partial charge in [-0.1, -0.05) is 42.5 Å². The molecule has 0 unspecified atom stereocenters. The quantitative estimate of drug-likeness (QED) is 0.688. The molecule has 0 aliphatic carbocycles. The number of carbonyl (C=O) groups excluding carboxylic acids is 1. The normalized spacial score (nSPS) is 14.4. The topological polar surface area (TPSA) is 66.1 Å². The first kappa shape index (κ1) is 18.4. The molecule has 0 bridgehead atoms. The Hall–Kier alpha value is -2.99. The van der Waals surface area contributed by atoms with Gasteiger partial charge in [-0.05, 0) is 17.7 Å². The van der Waals surface area contributed by atoms with E-state index in [1.807, 2.05) is 18.2 Å². The SMILES string of the molecule is O=C([C@H](Cl)c1ccccc1)N1CCc2nc(-c3ccccc3F)[nH]c(=O)c2C1. The maximum Gasteiger partial charge on any atom is 0.256 e. The van der Waals surface area contributed by atoms with E-state index in [-0.39, 0.29) is 29.4 Å². The van der Waals surface area contributed by atoms with Crippen molar-refractivity contribution in [3.8, 4) is 11.4 Å². The van der Waals surface area contributed by atoms with Crippen molar-refractivity contribution < 1.29 is 9.18 Å². The van der Waals surface area contributed by atoms with Crippen LogP contribution in [0.2, 0.25) is 0 Å². The molecule has 1 N–H and O–H groups in total. The molecule has 3 aromatic rings. The van der Waals surface area contributed by atoms with Crippen LogP contribution in [0.3, 0.4) is 0 Å². The molecule has 5 nitrogen and oxygen atoms in total. The number of aromatic amines is 1. The number of alkyl halides is 1. The molecule has 0 saturated carbocycles. The standard InChI is InChI=1S/C21H17ClFN3O2/c22-18(13-6-2-1-3-7-13)21(28)26-11-10-17-15(12-26)20(27)25-19(24-17)14-8-4-5-9-16(14)23/h1-9,18H,10-12H2,(H,24,25,27)/t18-/m1/s1. The van der Waals surface area contributed by atoms with E-state index < -0.39 is 11.2 Å². The molecule has 0 saturated heterocycles. The number of amides is 1. The van der Waals surface area contributed by atoms with Crippen LogP contribution in [0, 0.1) is 5.82 Å². The summed E-state index contributed by atoms with van der Waals surface area (Å²) in [5.74, 6) is -0.511. The Morgan fingerprint density at radius 1 is 1.14 bits per heavy atom. The lowest BCUT2D eigenvalue weighted by Gasteiger charge is -2.29. The van der Waals surface area contributed by atoms with Gasteiger partial charge in [0.25, 0.3) is 5.56 Å². The summed E-state index contributed by atoms with van der Waals surface area (Å²) in [6.07, 6.45) is 0.408. The number of hydrogen-bond acceptors (Lipinski definition) is 3. The molecule has 0 fully saturated rings. The second-order valence-corrected chi connectivity index (χ2v) is 7.04. The summed E-state index contributed by atoms with van der Waals surface area (Å²) in [5.41, 5.74) is 1.58. The van der Waals surface area contributed by atoms with Crippen LogP contribution in [-0.2, 0) is 17.8 Å². The summed E-state index contributed by atoms with van der Waals surface area (Å²) in [5, 5.41) is -0.813. The first-order chi connectivity index (χ1) is 13.5. The zero-order valence-corrected chi connectivity index (χ0v) is 15.6. The molecule has 7 heteroatoms. The number of nitrogens with one attached hydrogen (secondary N) is 1. The fourth-order valence-corrected chi connectivity index (χ4v) is 3.60. The number of rotatable bonds is 3. The minimum atomic E-state index is -0.813. The first-order valence-corrected chi connectivity index (χ1v) is 9.33. The minimum Gasteiger partial charge on any atom is -0.336 e. The number of H-pyrrole nitrogens is 1. The van der Waals surface area contributed by atoms with Crippen molar-refractivity contribution in [3.63, 3.8) is 0 Å². The third kappa shape index (κ3) is 3.43. The highest BCUT2D eigenvalue weighted by Crippen LogP contribution is 2.26. The lowest BCUT2D eigenvalue weighted by Crippen LogP contribution is -2.41. The van der Waals surface area contributed by atoms with Gasteiger partial charge in [-0.2, -0.15) is 0 Å². The molecule has 1 aliphatic heterocycles. The predicted octanol–water partition coefficient (Wildman–Crippen LogP) is 3.44. The monoisotopic (exact) mass is 397 g/mol. The van der Waals surface area contributed by atoms with Crippen LogP contribution in [0.4, 0.5) is 4.39 Å². The number of halogens is 2. The first-order valence-electron chi connectivity index (χ1n) is 8.89. The van der Waals surface area contributed by atoms with Gasteiger partial charge in [0.05, 0.1) is 23.4 Å². The largest absolute Gasteiger partial charge is 0.336 e. The Morgan fingerprint density at radius 2 is 1.86 bits per heavy atom. The Morgan fingerprint density at radius 3 is 2.61 bits per heavy atom. The van der Waals surface area contributed by atoms with Crippen molar-refractivity contribution in [2.45, 2.75) is 18.3 Å². The van der Waals surface area contributed by atoms with E-state index in [4.69, 9.17) is 11.6 Å². The Kier molecular flexibility index (Phi) is 4.96. The van der Waals surface area contributed by atoms with Crippen molar-refractivity contribution in [2.24, 2.45) is 0 Å². The fraction of sp³-hybridized carbons (Fsp3) is 0.190. The smallest absolute Gasteiger partial charge is 0.256 e. The van der Waals surface area contributed by atoms with Gasteiger partial charge in [-0.3, -0.25) is 9.59 Å². The lowest BCUT2D eigenvalue weighted by molar-refractivity contribution is -0.131. The fourth-order valence-electron chi connectivity index (χ4n) is 3.32. The summed E-state index contributed by atoms with van der Waals surface area (Å²) in [6.45, 7) is 0.527. The molecular formula is C21H17ClFN3O2. The van der Waals surface area contributed by atoms with E-state index in [2.05, 4.69) is 9.97 Å². The summed E-state index contributed by atoms with van der Waals surface area (Å²) < 4.78 is 14.0. The van der Waals surface area contributed by atoms with Gasteiger partial charge in [-0.15, -0.1) is 11.6 Å². The van der Waals surface area contributed by atoms with Crippen LogP contribution in [0.25, 0.3) is 11.4 Å². The average molecular weight is 398 g/mol. The molecule has 1 aliphatic rings. The van der Waals surface area contributed by atoms with E-state index in [9.17, 15) is 14.0 Å². The zero-order valence-electron chi connectivity index (χ0n) is 14.9. The third-order valence-corrected chi connectivity index (χ3v) is 5.26. The highest BCUT2D eigenvalue weighted by molar-refractivity contribution is 6.30.